The van der Waals surface area contributed by atoms with Crippen LogP contribution in [0.5, 0.6) is 11.5 Å². The summed E-state index contributed by atoms with van der Waals surface area (Å²) in [5.41, 5.74) is 5.77. The first kappa shape index (κ1) is 10.7. The second-order valence-corrected chi connectivity index (χ2v) is 4.78. The highest BCUT2D eigenvalue weighted by molar-refractivity contribution is 9.10. The van der Waals surface area contributed by atoms with Crippen molar-refractivity contribution in [3.05, 3.63) is 21.9 Å². The van der Waals surface area contributed by atoms with E-state index in [9.17, 15) is 14.6 Å². The van der Waals surface area contributed by atoms with Crippen molar-refractivity contribution in [1.82, 2.24) is 0 Å². The number of phenolic OH excluding ortho intramolecular Hbond substituents is 2. The molecule has 4 N–H and O–H groups in total. The van der Waals surface area contributed by atoms with E-state index in [1.54, 1.807) is 0 Å². The zero-order valence-corrected chi connectivity index (χ0v) is 9.51. The molecule has 0 aliphatic heterocycles. The molecule has 1 aromatic rings. The van der Waals surface area contributed by atoms with Gasteiger partial charge in [0.1, 0.15) is 0 Å². The Morgan fingerprint density at radius 3 is 2.40 bits per heavy atom. The van der Waals surface area contributed by atoms with Gasteiger partial charge in [0, 0.05) is 15.6 Å². The third kappa shape index (κ3) is 1.50. The third-order valence-electron chi connectivity index (χ3n) is 2.92. The van der Waals surface area contributed by atoms with E-state index in [1.165, 1.54) is 0 Å². The lowest BCUT2D eigenvalue weighted by atomic mass is 9.72. The molecule has 15 heavy (non-hydrogen) atoms. The number of halogens is 2. The maximum atomic E-state index is 13.0. The first-order chi connectivity index (χ1) is 6.96. The average molecular weight is 276 g/mol. The maximum Gasteiger partial charge on any atom is 0.194 e. The Hall–Kier alpha value is -0.810. The Labute approximate surface area is 94.8 Å². The molecule has 0 radical (unpaired) electrons. The van der Waals surface area contributed by atoms with Crippen LogP contribution in [0, 0.1) is 5.82 Å². The van der Waals surface area contributed by atoms with Crippen LogP contribution in [0.2, 0.25) is 0 Å². The van der Waals surface area contributed by atoms with Gasteiger partial charge < -0.3 is 15.9 Å². The summed E-state index contributed by atoms with van der Waals surface area (Å²) in [7, 11) is 0. The molecule has 1 aliphatic carbocycles. The summed E-state index contributed by atoms with van der Waals surface area (Å²) in [5, 5.41) is 19.0. The quantitative estimate of drug-likeness (QED) is 0.690. The van der Waals surface area contributed by atoms with Gasteiger partial charge >= 0.3 is 0 Å². The lowest BCUT2D eigenvalue weighted by Gasteiger charge is -2.39. The van der Waals surface area contributed by atoms with Crippen LogP contribution in [0.3, 0.4) is 0 Å². The van der Waals surface area contributed by atoms with Gasteiger partial charge in [0.05, 0.1) is 0 Å². The van der Waals surface area contributed by atoms with E-state index in [4.69, 9.17) is 5.73 Å². The number of hydrogen-bond donors (Lipinski definition) is 3. The molecule has 0 aromatic heterocycles. The van der Waals surface area contributed by atoms with E-state index in [0.29, 0.717) is 10.0 Å². The molecule has 0 bridgehead atoms. The first-order valence-corrected chi connectivity index (χ1v) is 5.44. The van der Waals surface area contributed by atoms with Crippen LogP contribution in [0.25, 0.3) is 0 Å². The number of nitrogens with two attached hydrogens (primary N) is 1. The second kappa shape index (κ2) is 3.35. The third-order valence-corrected chi connectivity index (χ3v) is 3.55. The molecule has 1 aromatic carbocycles. The molecule has 82 valence electrons. The molecule has 0 heterocycles. The SMILES string of the molecule is NC1(c2c(Br)cc(F)c(O)c2O)CCC1. The summed E-state index contributed by atoms with van der Waals surface area (Å²) >= 11 is 3.15. The lowest BCUT2D eigenvalue weighted by molar-refractivity contribution is 0.240. The lowest BCUT2D eigenvalue weighted by Crippen LogP contribution is -2.43. The van der Waals surface area contributed by atoms with Crippen LogP contribution < -0.4 is 5.73 Å². The van der Waals surface area contributed by atoms with Crippen molar-refractivity contribution in [2.75, 3.05) is 0 Å². The van der Waals surface area contributed by atoms with Crippen LogP contribution in [-0.4, -0.2) is 10.2 Å². The van der Waals surface area contributed by atoms with Gasteiger partial charge in [-0.05, 0) is 25.3 Å². The molecule has 0 spiro atoms. The summed E-state index contributed by atoms with van der Waals surface area (Å²) < 4.78 is 13.5. The first-order valence-electron chi connectivity index (χ1n) is 4.65. The minimum atomic E-state index is -0.856. The van der Waals surface area contributed by atoms with Gasteiger partial charge in [-0.3, -0.25) is 0 Å². The highest BCUT2D eigenvalue weighted by Crippen LogP contribution is 2.49. The van der Waals surface area contributed by atoms with Crippen molar-refractivity contribution in [3.8, 4) is 11.5 Å². The normalized spacial score (nSPS) is 18.6. The maximum absolute atomic E-state index is 13.0. The van der Waals surface area contributed by atoms with Crippen LogP contribution in [0.4, 0.5) is 4.39 Å². The smallest absolute Gasteiger partial charge is 0.194 e. The number of benzene rings is 1. The molecule has 0 atom stereocenters. The minimum absolute atomic E-state index is 0.396. The molecular formula is C10H11BrFNO2. The minimum Gasteiger partial charge on any atom is -0.504 e. The molecule has 5 heteroatoms. The molecule has 3 nitrogen and oxygen atoms in total. The van der Waals surface area contributed by atoms with Crippen molar-refractivity contribution in [2.45, 2.75) is 24.8 Å². The van der Waals surface area contributed by atoms with Crippen LogP contribution in [-0.2, 0) is 5.54 Å². The molecule has 2 rings (SSSR count). The zero-order valence-electron chi connectivity index (χ0n) is 7.93. The highest BCUT2D eigenvalue weighted by Gasteiger charge is 2.39. The Kier molecular flexibility index (Phi) is 2.39. The second-order valence-electron chi connectivity index (χ2n) is 3.92. The van der Waals surface area contributed by atoms with Crippen molar-refractivity contribution in [2.24, 2.45) is 5.73 Å². The molecule has 1 saturated carbocycles. The largest absolute Gasteiger partial charge is 0.504 e. The topological polar surface area (TPSA) is 66.5 Å². The number of aromatic hydroxyl groups is 2. The van der Waals surface area contributed by atoms with Crippen molar-refractivity contribution < 1.29 is 14.6 Å². The summed E-state index contributed by atoms with van der Waals surface area (Å²) in [6, 6.07) is 1.12. The van der Waals surface area contributed by atoms with Crippen LogP contribution in [0.1, 0.15) is 24.8 Å². The molecular weight excluding hydrogens is 265 g/mol. The Balaban J connectivity index is 2.61. The van der Waals surface area contributed by atoms with E-state index in [0.717, 1.165) is 25.3 Å². The Bertz CT molecular complexity index is 418. The van der Waals surface area contributed by atoms with Crippen molar-refractivity contribution >= 4 is 15.9 Å². The molecule has 0 saturated heterocycles. The monoisotopic (exact) mass is 275 g/mol. The van der Waals surface area contributed by atoms with Crippen LogP contribution >= 0.6 is 15.9 Å². The molecule has 1 aliphatic rings. The zero-order chi connectivity index (χ0) is 11.2. The summed E-state index contributed by atoms with van der Waals surface area (Å²) in [5.74, 6) is -2.04. The highest BCUT2D eigenvalue weighted by atomic mass is 79.9. The Morgan fingerprint density at radius 1 is 1.33 bits per heavy atom. The predicted octanol–water partition coefficient (Wildman–Crippen LogP) is 2.34. The van der Waals surface area contributed by atoms with Crippen molar-refractivity contribution in [3.63, 3.8) is 0 Å². The number of hydrogen-bond acceptors (Lipinski definition) is 3. The van der Waals surface area contributed by atoms with E-state index in [1.807, 2.05) is 0 Å². The van der Waals surface area contributed by atoms with Gasteiger partial charge in [0.2, 0.25) is 0 Å². The average Bonchev–Trinajstić information content (AvgIpc) is 2.11. The van der Waals surface area contributed by atoms with E-state index in [-0.39, 0.29) is 0 Å². The fourth-order valence-corrected chi connectivity index (χ4v) is 2.66. The fraction of sp³-hybridized carbons (Fsp3) is 0.400. The van der Waals surface area contributed by atoms with Gasteiger partial charge in [-0.25, -0.2) is 4.39 Å². The van der Waals surface area contributed by atoms with Gasteiger partial charge in [0.15, 0.2) is 17.3 Å². The molecule has 0 unspecified atom stereocenters. The fourth-order valence-electron chi connectivity index (χ4n) is 1.88. The van der Waals surface area contributed by atoms with E-state index >= 15 is 0 Å². The standard InChI is InChI=1S/C10H11BrFNO2/c11-5-4-6(12)8(14)9(15)7(5)10(13)2-1-3-10/h4,14-15H,1-3,13H2. The molecule has 0 amide bonds. The van der Waals surface area contributed by atoms with Gasteiger partial charge in [0.25, 0.3) is 0 Å². The summed E-state index contributed by atoms with van der Waals surface area (Å²) in [4.78, 5) is 0. The van der Waals surface area contributed by atoms with Gasteiger partial charge in [-0.1, -0.05) is 15.9 Å². The van der Waals surface area contributed by atoms with E-state index in [2.05, 4.69) is 15.9 Å². The number of rotatable bonds is 1. The molecule has 1 fully saturated rings. The summed E-state index contributed by atoms with van der Waals surface area (Å²) in [6.07, 6.45) is 2.43. The van der Waals surface area contributed by atoms with Crippen molar-refractivity contribution in [1.29, 1.82) is 0 Å². The van der Waals surface area contributed by atoms with Crippen LogP contribution in [0.15, 0.2) is 10.5 Å². The number of phenols is 2. The van der Waals surface area contributed by atoms with Gasteiger partial charge in [-0.2, -0.15) is 0 Å². The summed E-state index contributed by atoms with van der Waals surface area (Å²) in [6.45, 7) is 0. The predicted molar refractivity (Wildman–Crippen MR) is 57.1 cm³/mol. The Morgan fingerprint density at radius 2 is 1.93 bits per heavy atom. The van der Waals surface area contributed by atoms with E-state index < -0.39 is 22.9 Å². The van der Waals surface area contributed by atoms with Gasteiger partial charge in [-0.15, -0.1) is 0 Å².